The van der Waals surface area contributed by atoms with Crippen LogP contribution in [0.15, 0.2) is 6.07 Å². The average Bonchev–Trinajstić information content (AvgIpc) is 3.32. The molecular formula is C20H28KN4O3S. The van der Waals surface area contributed by atoms with Gasteiger partial charge >= 0.3 is 16.2 Å². The van der Waals surface area contributed by atoms with Crippen LogP contribution >= 0.6 is 0 Å². The predicted molar refractivity (Wildman–Crippen MR) is 113 cm³/mol. The molecule has 1 radical (unpaired) electrons. The van der Waals surface area contributed by atoms with E-state index in [0.717, 1.165) is 63.7 Å². The van der Waals surface area contributed by atoms with Crippen molar-refractivity contribution in [3.05, 3.63) is 28.3 Å². The van der Waals surface area contributed by atoms with Gasteiger partial charge in [0.15, 0.2) is 0 Å². The monoisotopic (exact) mass is 443 g/mol. The van der Waals surface area contributed by atoms with E-state index in [1.807, 2.05) is 0 Å². The van der Waals surface area contributed by atoms with Crippen molar-refractivity contribution in [3.63, 3.8) is 0 Å². The van der Waals surface area contributed by atoms with Crippen LogP contribution in [0.3, 0.4) is 0 Å². The number of nitrogens with zero attached hydrogens (tertiary/aromatic N) is 2. The summed E-state index contributed by atoms with van der Waals surface area (Å²) in [4.78, 5) is 15.0. The Morgan fingerprint density at radius 3 is 2.21 bits per heavy atom. The summed E-state index contributed by atoms with van der Waals surface area (Å²) in [5.74, 6) is 0. The number of aryl methyl sites for hydroxylation is 2. The fourth-order valence-electron chi connectivity index (χ4n) is 5.22. The number of carbonyl (C=O) groups excluding carboxylic acids is 1. The second-order valence-corrected chi connectivity index (χ2v) is 10.2. The van der Waals surface area contributed by atoms with Crippen molar-refractivity contribution in [3.8, 4) is 0 Å². The van der Waals surface area contributed by atoms with E-state index in [1.54, 1.807) is 0 Å². The van der Waals surface area contributed by atoms with Crippen LogP contribution in [-0.2, 0) is 35.9 Å². The number of likely N-dealkylation sites (tertiary alicyclic amines) is 1. The zero-order valence-electron chi connectivity index (χ0n) is 17.2. The fraction of sp³-hybridized carbons (Fsp3) is 0.650. The summed E-state index contributed by atoms with van der Waals surface area (Å²) >= 11 is 0. The summed E-state index contributed by atoms with van der Waals surface area (Å²) in [6.45, 7) is 3.05. The Kier molecular flexibility index (Phi) is 6.78. The molecule has 0 saturated carbocycles. The molecule has 1 aromatic rings. The number of nitrogens with one attached hydrogen (secondary N) is 2. The third kappa shape index (κ3) is 4.34. The number of benzene rings is 1. The molecule has 7 nitrogen and oxygen atoms in total. The second kappa shape index (κ2) is 8.86. The number of hydrogen-bond acceptors (Lipinski definition) is 4. The number of fused-ring (bicyclic) bond motifs is 2. The summed E-state index contributed by atoms with van der Waals surface area (Å²) in [6, 6.07) is 1.95. The molecule has 2 aliphatic heterocycles. The molecule has 2 aliphatic carbocycles. The van der Waals surface area contributed by atoms with E-state index in [-0.39, 0.29) is 57.4 Å². The molecule has 1 unspecified atom stereocenters. The van der Waals surface area contributed by atoms with Gasteiger partial charge in [-0.1, -0.05) is 6.07 Å². The smallest absolute Gasteiger partial charge is 0.307 e. The quantitative estimate of drug-likeness (QED) is 0.690. The van der Waals surface area contributed by atoms with Crippen LogP contribution in [-0.4, -0.2) is 107 Å². The van der Waals surface area contributed by atoms with Crippen molar-refractivity contribution in [2.75, 3.05) is 31.5 Å². The van der Waals surface area contributed by atoms with Gasteiger partial charge in [0, 0.05) is 76.2 Å². The molecule has 2 amide bonds. The summed E-state index contributed by atoms with van der Waals surface area (Å²) in [6.07, 6.45) is 8.21. The molecule has 5 rings (SSSR count). The number of amides is 2. The zero-order valence-corrected chi connectivity index (χ0v) is 21.1. The van der Waals surface area contributed by atoms with E-state index >= 15 is 0 Å². The van der Waals surface area contributed by atoms with E-state index in [4.69, 9.17) is 0 Å². The van der Waals surface area contributed by atoms with Crippen LogP contribution in [0.25, 0.3) is 0 Å². The number of hydrogen-bond donors (Lipinski definition) is 2. The molecule has 2 fully saturated rings. The van der Waals surface area contributed by atoms with E-state index in [1.165, 1.54) is 33.0 Å². The summed E-state index contributed by atoms with van der Waals surface area (Å²) < 4.78 is 29.1. The van der Waals surface area contributed by atoms with Crippen molar-refractivity contribution in [2.24, 2.45) is 0 Å². The Labute approximate surface area is 215 Å². The molecule has 0 bridgehead atoms. The Balaban J connectivity index is 0.00000205. The van der Waals surface area contributed by atoms with Crippen LogP contribution < -0.4 is 10.0 Å². The van der Waals surface area contributed by atoms with Crippen molar-refractivity contribution < 1.29 is 13.2 Å². The van der Waals surface area contributed by atoms with E-state index in [0.29, 0.717) is 13.1 Å². The first-order valence-corrected chi connectivity index (χ1v) is 11.9. The third-order valence-electron chi connectivity index (χ3n) is 6.81. The molecule has 153 valence electrons. The van der Waals surface area contributed by atoms with Gasteiger partial charge in [0.05, 0.1) is 0 Å². The third-order valence-corrected chi connectivity index (χ3v) is 8.26. The molecule has 2 N–H and O–H groups in total. The number of anilines is 1. The topological polar surface area (TPSA) is 81.8 Å². The maximum Gasteiger partial charge on any atom is 0.333 e. The first-order chi connectivity index (χ1) is 13.5. The Bertz CT molecular complexity index is 885. The summed E-state index contributed by atoms with van der Waals surface area (Å²) in [5.41, 5.74) is 5.90. The largest absolute Gasteiger partial charge is 0.333 e. The Morgan fingerprint density at radius 2 is 1.62 bits per heavy atom. The summed E-state index contributed by atoms with van der Waals surface area (Å²) in [7, 11) is -3.81. The minimum absolute atomic E-state index is 0. The first kappa shape index (κ1) is 22.2. The molecule has 2 saturated heterocycles. The van der Waals surface area contributed by atoms with Crippen molar-refractivity contribution in [1.82, 2.24) is 13.9 Å². The molecule has 9 heteroatoms. The van der Waals surface area contributed by atoms with Gasteiger partial charge in [0.25, 0.3) is 0 Å². The molecule has 1 atom stereocenters. The molecular weight excluding hydrogens is 415 g/mol. The van der Waals surface area contributed by atoms with E-state index in [2.05, 4.69) is 21.0 Å². The number of rotatable bonds is 4. The van der Waals surface area contributed by atoms with Gasteiger partial charge in [0.1, 0.15) is 0 Å². The van der Waals surface area contributed by atoms with Crippen molar-refractivity contribution in [1.29, 1.82) is 0 Å². The maximum absolute atomic E-state index is 12.7. The minimum Gasteiger partial charge on any atom is -0.307 e. The molecule has 29 heavy (non-hydrogen) atoms. The van der Waals surface area contributed by atoms with E-state index in [9.17, 15) is 13.2 Å². The Morgan fingerprint density at radius 1 is 0.966 bits per heavy atom. The van der Waals surface area contributed by atoms with Gasteiger partial charge < -0.3 is 5.32 Å². The number of urea groups is 1. The van der Waals surface area contributed by atoms with Crippen LogP contribution in [0.2, 0.25) is 0 Å². The van der Waals surface area contributed by atoms with Crippen LogP contribution in [0.1, 0.15) is 47.9 Å². The molecule has 1 aromatic carbocycles. The van der Waals surface area contributed by atoms with Crippen LogP contribution in [0.4, 0.5) is 10.5 Å². The standard InChI is InChI=1S/C20H28N4O3S.K/c25-20(22-28(26,27)24-11-8-16(13-24)23-9-3-10-23)21-19-17-6-1-4-14(17)12-15-5-2-7-18(15)19;/h12,16H,1-11,13H2,(H2,21,22,25);. The normalized spacial score (nSPS) is 23.8. The van der Waals surface area contributed by atoms with Gasteiger partial charge in [-0.05, 0) is 86.7 Å². The average molecular weight is 444 g/mol. The molecule has 4 aliphatic rings. The van der Waals surface area contributed by atoms with Crippen LogP contribution in [0.5, 0.6) is 0 Å². The molecule has 0 aromatic heterocycles. The van der Waals surface area contributed by atoms with Crippen molar-refractivity contribution >= 4 is 73.3 Å². The zero-order chi connectivity index (χ0) is 19.3. The van der Waals surface area contributed by atoms with Gasteiger partial charge in [-0.15, -0.1) is 0 Å². The Hall–Kier alpha value is -0.00364. The van der Waals surface area contributed by atoms with Crippen LogP contribution in [0, 0.1) is 0 Å². The predicted octanol–water partition coefficient (Wildman–Crippen LogP) is 1.43. The van der Waals surface area contributed by atoms with Gasteiger partial charge in [-0.25, -0.2) is 9.52 Å². The fourth-order valence-corrected chi connectivity index (χ4v) is 6.35. The molecule has 0 spiro atoms. The SMILES string of the molecule is O=C(Nc1c2c(cc3c1CCC3)CCC2)NS(=O)(=O)N1CCC(N2CCC2)C1.[K]. The first-order valence-electron chi connectivity index (χ1n) is 10.5. The number of carbonyl (C=O) groups is 1. The van der Waals surface area contributed by atoms with Gasteiger partial charge in [-0.3, -0.25) is 4.90 Å². The van der Waals surface area contributed by atoms with Gasteiger partial charge in [-0.2, -0.15) is 12.7 Å². The minimum atomic E-state index is -3.81. The molecule has 2 heterocycles. The van der Waals surface area contributed by atoms with Crippen molar-refractivity contribution in [2.45, 2.75) is 57.4 Å². The van der Waals surface area contributed by atoms with E-state index < -0.39 is 16.2 Å². The maximum atomic E-state index is 12.7. The second-order valence-electron chi connectivity index (χ2n) is 8.49. The van der Waals surface area contributed by atoms with Gasteiger partial charge in [0.2, 0.25) is 0 Å². The summed E-state index contributed by atoms with van der Waals surface area (Å²) in [5, 5.41) is 2.91.